The van der Waals surface area contributed by atoms with E-state index in [4.69, 9.17) is 0 Å². The maximum atomic E-state index is 13.8. The van der Waals surface area contributed by atoms with Gasteiger partial charge in [-0.2, -0.15) is 0 Å². The molecule has 1 atom stereocenters. The fourth-order valence-corrected chi connectivity index (χ4v) is 5.03. The van der Waals surface area contributed by atoms with Gasteiger partial charge in [0.15, 0.2) is 0 Å². The molecule has 0 aliphatic carbocycles. The number of benzene rings is 1. The van der Waals surface area contributed by atoms with Crippen molar-refractivity contribution in [1.82, 2.24) is 5.32 Å². The summed E-state index contributed by atoms with van der Waals surface area (Å²) in [4.78, 5) is 0. The van der Waals surface area contributed by atoms with E-state index in [9.17, 15) is 8.78 Å². The van der Waals surface area contributed by atoms with Crippen molar-refractivity contribution in [3.05, 3.63) is 54.6 Å². The lowest BCUT2D eigenvalue weighted by Gasteiger charge is -2.18. The zero-order valence-corrected chi connectivity index (χ0v) is 14.7. The van der Waals surface area contributed by atoms with Gasteiger partial charge in [0.2, 0.25) is 0 Å². The Morgan fingerprint density at radius 3 is 2.40 bits per heavy atom. The van der Waals surface area contributed by atoms with Crippen LogP contribution in [0.4, 0.5) is 8.78 Å². The number of hydrogen-bond donors (Lipinski definition) is 1. The van der Waals surface area contributed by atoms with Gasteiger partial charge in [0, 0.05) is 11.6 Å². The van der Waals surface area contributed by atoms with Crippen LogP contribution in [0.15, 0.2) is 31.8 Å². The fraction of sp³-hybridized carbons (Fsp3) is 0.286. The minimum Gasteiger partial charge on any atom is -0.310 e. The molecular formula is C14H13Br2F2NS. The molecule has 0 saturated heterocycles. The highest BCUT2D eigenvalue weighted by atomic mass is 79.9. The van der Waals surface area contributed by atoms with E-state index in [0.717, 1.165) is 19.7 Å². The highest BCUT2D eigenvalue weighted by Gasteiger charge is 2.20. The van der Waals surface area contributed by atoms with E-state index >= 15 is 0 Å². The van der Waals surface area contributed by atoms with Crippen molar-refractivity contribution in [2.45, 2.75) is 19.4 Å². The van der Waals surface area contributed by atoms with Crippen molar-refractivity contribution >= 4 is 43.2 Å². The third-order valence-electron chi connectivity index (χ3n) is 2.98. The zero-order valence-electron chi connectivity index (χ0n) is 10.7. The third-order valence-corrected chi connectivity index (χ3v) is 5.36. The van der Waals surface area contributed by atoms with Crippen molar-refractivity contribution in [1.29, 1.82) is 0 Å². The Kier molecular flexibility index (Phi) is 5.72. The van der Waals surface area contributed by atoms with Crippen molar-refractivity contribution < 1.29 is 8.78 Å². The standard InChI is InChI=1S/C14H13Br2F2NS/c1-2-19-12(9-7-13(15)20-14(9)16)6-8-10(17)4-3-5-11(8)18/h3-5,7,12,19H,2,6H2,1H3. The first-order chi connectivity index (χ1) is 9.52. The van der Waals surface area contributed by atoms with Crippen LogP contribution in [0, 0.1) is 11.6 Å². The molecular weight excluding hydrogens is 412 g/mol. The maximum absolute atomic E-state index is 13.8. The molecule has 1 aromatic carbocycles. The van der Waals surface area contributed by atoms with Gasteiger partial charge in [-0.15, -0.1) is 11.3 Å². The molecule has 6 heteroatoms. The molecule has 1 unspecified atom stereocenters. The van der Waals surface area contributed by atoms with Gasteiger partial charge in [0.25, 0.3) is 0 Å². The van der Waals surface area contributed by atoms with Crippen LogP contribution in [0.2, 0.25) is 0 Å². The molecule has 0 saturated carbocycles. The summed E-state index contributed by atoms with van der Waals surface area (Å²) in [6.07, 6.45) is 0.272. The van der Waals surface area contributed by atoms with Crippen LogP contribution >= 0.6 is 43.2 Å². The Balaban J connectivity index is 2.33. The van der Waals surface area contributed by atoms with Crippen molar-refractivity contribution in [2.75, 3.05) is 6.54 Å². The van der Waals surface area contributed by atoms with E-state index < -0.39 is 11.6 Å². The maximum Gasteiger partial charge on any atom is 0.129 e. The summed E-state index contributed by atoms with van der Waals surface area (Å²) in [6, 6.07) is 5.80. The van der Waals surface area contributed by atoms with Crippen molar-refractivity contribution in [2.24, 2.45) is 0 Å². The molecule has 0 radical (unpaired) electrons. The first-order valence-electron chi connectivity index (χ1n) is 6.14. The molecule has 1 nitrogen and oxygen atoms in total. The quantitative estimate of drug-likeness (QED) is 0.673. The molecule has 0 bridgehead atoms. The largest absolute Gasteiger partial charge is 0.310 e. The van der Waals surface area contributed by atoms with Crippen LogP contribution in [0.5, 0.6) is 0 Å². The van der Waals surface area contributed by atoms with E-state index in [1.807, 2.05) is 13.0 Å². The Bertz CT molecular complexity index is 581. The van der Waals surface area contributed by atoms with Gasteiger partial charge in [-0.1, -0.05) is 13.0 Å². The SMILES string of the molecule is CCNC(Cc1c(F)cccc1F)c1cc(Br)sc1Br. The number of hydrogen-bond acceptors (Lipinski definition) is 2. The minimum atomic E-state index is -0.502. The minimum absolute atomic E-state index is 0.118. The van der Waals surface area contributed by atoms with Crippen molar-refractivity contribution in [3.63, 3.8) is 0 Å². The third kappa shape index (κ3) is 3.67. The summed E-state index contributed by atoms with van der Waals surface area (Å²) in [5.74, 6) is -1.00. The molecule has 1 aromatic heterocycles. The first kappa shape index (κ1) is 16.1. The second kappa shape index (κ2) is 7.11. The Hall–Kier alpha value is -0.300. The van der Waals surface area contributed by atoms with Gasteiger partial charge in [0.05, 0.1) is 7.57 Å². The zero-order chi connectivity index (χ0) is 14.7. The number of likely N-dealkylation sites (N-methyl/N-ethyl adjacent to an activating group) is 1. The van der Waals surface area contributed by atoms with E-state index in [1.165, 1.54) is 18.2 Å². The van der Waals surface area contributed by atoms with E-state index in [-0.39, 0.29) is 18.0 Å². The number of nitrogens with one attached hydrogen (secondary N) is 1. The molecule has 0 spiro atoms. The lowest BCUT2D eigenvalue weighted by Crippen LogP contribution is -2.23. The second-order valence-electron chi connectivity index (χ2n) is 4.29. The summed E-state index contributed by atoms with van der Waals surface area (Å²) >= 11 is 8.48. The van der Waals surface area contributed by atoms with Crippen LogP contribution in [0.25, 0.3) is 0 Å². The summed E-state index contributed by atoms with van der Waals surface area (Å²) in [6.45, 7) is 2.70. The van der Waals surface area contributed by atoms with Gasteiger partial charge in [0.1, 0.15) is 11.6 Å². The van der Waals surface area contributed by atoms with Gasteiger partial charge >= 0.3 is 0 Å². The summed E-state index contributed by atoms with van der Waals surface area (Å²) in [5, 5.41) is 3.28. The van der Waals surface area contributed by atoms with Crippen LogP contribution in [-0.2, 0) is 6.42 Å². The predicted octanol–water partition coefficient (Wildman–Crippen LogP) is 5.44. The average molecular weight is 425 g/mol. The van der Waals surface area contributed by atoms with Crippen molar-refractivity contribution in [3.8, 4) is 0 Å². The van der Waals surface area contributed by atoms with Crippen LogP contribution < -0.4 is 5.32 Å². The smallest absolute Gasteiger partial charge is 0.129 e. The molecule has 0 fully saturated rings. The topological polar surface area (TPSA) is 12.0 Å². The lowest BCUT2D eigenvalue weighted by atomic mass is 10.0. The number of halogens is 4. The van der Waals surface area contributed by atoms with Gasteiger partial charge in [-0.05, 0) is 68.6 Å². The molecule has 1 N–H and O–H groups in total. The Morgan fingerprint density at radius 1 is 1.25 bits per heavy atom. The highest BCUT2D eigenvalue weighted by molar-refractivity contribution is 9.12. The fourth-order valence-electron chi connectivity index (χ4n) is 2.06. The second-order valence-corrected chi connectivity index (χ2v) is 8.04. The normalized spacial score (nSPS) is 12.7. The van der Waals surface area contributed by atoms with Gasteiger partial charge < -0.3 is 5.32 Å². The number of thiophene rings is 1. The molecule has 1 heterocycles. The van der Waals surface area contributed by atoms with E-state index in [0.29, 0.717) is 0 Å². The van der Waals surface area contributed by atoms with E-state index in [2.05, 4.69) is 37.2 Å². The monoisotopic (exact) mass is 423 g/mol. The Morgan fingerprint density at radius 2 is 1.90 bits per heavy atom. The summed E-state index contributed by atoms with van der Waals surface area (Å²) in [7, 11) is 0. The molecule has 20 heavy (non-hydrogen) atoms. The molecule has 0 aliphatic rings. The van der Waals surface area contributed by atoms with Crippen LogP contribution in [0.3, 0.4) is 0 Å². The Labute approximate surface area is 137 Å². The average Bonchev–Trinajstić information content (AvgIpc) is 2.72. The van der Waals surface area contributed by atoms with E-state index in [1.54, 1.807) is 11.3 Å². The molecule has 108 valence electrons. The molecule has 0 amide bonds. The summed E-state index contributed by atoms with van der Waals surface area (Å²) < 4.78 is 29.5. The van der Waals surface area contributed by atoms with Crippen LogP contribution in [-0.4, -0.2) is 6.54 Å². The van der Waals surface area contributed by atoms with Gasteiger partial charge in [-0.25, -0.2) is 8.78 Å². The lowest BCUT2D eigenvalue weighted by molar-refractivity contribution is 0.499. The highest BCUT2D eigenvalue weighted by Crippen LogP contribution is 2.37. The number of rotatable bonds is 5. The van der Waals surface area contributed by atoms with Crippen LogP contribution in [0.1, 0.15) is 24.1 Å². The predicted molar refractivity (Wildman–Crippen MR) is 86.2 cm³/mol. The molecule has 0 aliphatic heterocycles. The molecule has 2 rings (SSSR count). The first-order valence-corrected chi connectivity index (χ1v) is 8.54. The molecule has 2 aromatic rings. The van der Waals surface area contributed by atoms with Gasteiger partial charge in [-0.3, -0.25) is 0 Å². The summed E-state index contributed by atoms with van der Waals surface area (Å²) in [5.41, 5.74) is 1.12.